The number of carbonyl (C=O) groups is 1. The number of hydrogen-bond donors (Lipinski definition) is 3. The summed E-state index contributed by atoms with van der Waals surface area (Å²) < 4.78 is 0. The van der Waals surface area contributed by atoms with Crippen molar-refractivity contribution in [3.8, 4) is 6.07 Å². The second-order valence-corrected chi connectivity index (χ2v) is 3.79. The SMILES string of the molecule is N#CCC(=O)Nc1nc(/C(N)=C/C=C\N)cs1. The molecule has 1 heterocycles. The largest absolute Gasteiger partial charge is 0.405 e. The predicted octanol–water partition coefficient (Wildman–Crippen LogP) is 0.767. The summed E-state index contributed by atoms with van der Waals surface area (Å²) in [6.07, 6.45) is 4.35. The zero-order valence-electron chi connectivity index (χ0n) is 8.88. The predicted molar refractivity (Wildman–Crippen MR) is 66.5 cm³/mol. The second-order valence-electron chi connectivity index (χ2n) is 2.93. The first-order valence-electron chi connectivity index (χ1n) is 4.64. The van der Waals surface area contributed by atoms with Crippen molar-refractivity contribution in [1.29, 1.82) is 5.26 Å². The smallest absolute Gasteiger partial charge is 0.240 e. The van der Waals surface area contributed by atoms with Crippen molar-refractivity contribution in [3.63, 3.8) is 0 Å². The van der Waals surface area contributed by atoms with E-state index in [2.05, 4.69) is 10.3 Å². The average Bonchev–Trinajstić information content (AvgIpc) is 2.74. The first kappa shape index (κ1) is 12.7. The minimum absolute atomic E-state index is 0.198. The van der Waals surface area contributed by atoms with Gasteiger partial charge in [-0.3, -0.25) is 4.79 Å². The monoisotopic (exact) mass is 249 g/mol. The highest BCUT2D eigenvalue weighted by atomic mass is 32.1. The first-order chi connectivity index (χ1) is 8.17. The fraction of sp³-hybridized carbons (Fsp3) is 0.100. The van der Waals surface area contributed by atoms with Crippen molar-refractivity contribution in [2.45, 2.75) is 6.42 Å². The normalized spacial score (nSPS) is 11.4. The third-order valence-electron chi connectivity index (χ3n) is 1.67. The van der Waals surface area contributed by atoms with E-state index >= 15 is 0 Å². The van der Waals surface area contributed by atoms with Gasteiger partial charge in [0.05, 0.1) is 17.5 Å². The lowest BCUT2D eigenvalue weighted by molar-refractivity contribution is -0.115. The molecule has 0 aliphatic rings. The Morgan fingerprint density at radius 2 is 2.47 bits per heavy atom. The minimum atomic E-state index is -0.391. The second kappa shape index (κ2) is 6.30. The molecule has 17 heavy (non-hydrogen) atoms. The number of hydrogen-bond acceptors (Lipinski definition) is 6. The lowest BCUT2D eigenvalue weighted by atomic mass is 10.3. The molecule has 5 N–H and O–H groups in total. The number of nitriles is 1. The molecule has 0 saturated heterocycles. The van der Waals surface area contributed by atoms with Gasteiger partial charge in [-0.05, 0) is 18.4 Å². The Labute approximate surface area is 102 Å². The van der Waals surface area contributed by atoms with Crippen LogP contribution >= 0.6 is 11.3 Å². The molecule has 0 atom stereocenters. The van der Waals surface area contributed by atoms with E-state index in [1.807, 2.05) is 0 Å². The van der Waals surface area contributed by atoms with Gasteiger partial charge in [0.25, 0.3) is 0 Å². The Hall–Kier alpha value is -2.33. The van der Waals surface area contributed by atoms with E-state index in [0.717, 1.165) is 0 Å². The molecule has 0 radical (unpaired) electrons. The van der Waals surface area contributed by atoms with Crippen LogP contribution in [0.5, 0.6) is 0 Å². The fourth-order valence-electron chi connectivity index (χ4n) is 0.944. The van der Waals surface area contributed by atoms with Crippen molar-refractivity contribution in [3.05, 3.63) is 29.4 Å². The molecule has 0 spiro atoms. The van der Waals surface area contributed by atoms with E-state index in [1.165, 1.54) is 17.5 Å². The molecule has 0 aliphatic heterocycles. The van der Waals surface area contributed by atoms with Crippen molar-refractivity contribution in [1.82, 2.24) is 4.98 Å². The van der Waals surface area contributed by atoms with Crippen LogP contribution in [0.25, 0.3) is 5.70 Å². The number of nitrogens with zero attached hydrogens (tertiary/aromatic N) is 2. The van der Waals surface area contributed by atoms with Crippen LogP contribution in [0.4, 0.5) is 5.13 Å². The summed E-state index contributed by atoms with van der Waals surface area (Å²) in [5.41, 5.74) is 11.9. The molecular formula is C10H11N5OS. The van der Waals surface area contributed by atoms with Crippen molar-refractivity contribution >= 4 is 28.1 Å². The van der Waals surface area contributed by atoms with Crippen LogP contribution in [0.3, 0.4) is 0 Å². The van der Waals surface area contributed by atoms with E-state index in [-0.39, 0.29) is 6.42 Å². The zero-order chi connectivity index (χ0) is 12.7. The maximum atomic E-state index is 11.1. The molecule has 1 amide bonds. The van der Waals surface area contributed by atoms with Crippen LogP contribution in [-0.2, 0) is 4.79 Å². The third kappa shape index (κ3) is 3.96. The molecule has 88 valence electrons. The van der Waals surface area contributed by atoms with Gasteiger partial charge in [-0.2, -0.15) is 5.26 Å². The summed E-state index contributed by atoms with van der Waals surface area (Å²) in [7, 11) is 0. The molecule has 0 bridgehead atoms. The Morgan fingerprint density at radius 1 is 1.71 bits per heavy atom. The molecular weight excluding hydrogens is 238 g/mol. The number of anilines is 1. The van der Waals surface area contributed by atoms with Gasteiger partial charge in [-0.15, -0.1) is 11.3 Å². The van der Waals surface area contributed by atoms with Crippen molar-refractivity contribution < 1.29 is 4.79 Å². The Bertz CT molecular complexity index is 497. The Morgan fingerprint density at radius 3 is 3.12 bits per heavy atom. The number of aromatic nitrogens is 1. The van der Waals surface area contributed by atoms with Gasteiger partial charge in [0, 0.05) is 5.38 Å². The minimum Gasteiger partial charge on any atom is -0.405 e. The molecule has 0 unspecified atom stereocenters. The molecule has 1 rings (SSSR count). The van der Waals surface area contributed by atoms with Crippen molar-refractivity contribution in [2.75, 3.05) is 5.32 Å². The topological polar surface area (TPSA) is 118 Å². The highest BCUT2D eigenvalue weighted by Crippen LogP contribution is 2.19. The van der Waals surface area contributed by atoms with Gasteiger partial charge >= 0.3 is 0 Å². The maximum absolute atomic E-state index is 11.1. The van der Waals surface area contributed by atoms with E-state index in [9.17, 15) is 4.79 Å². The number of amides is 1. The molecule has 7 heteroatoms. The van der Waals surface area contributed by atoms with Gasteiger partial charge in [0.1, 0.15) is 6.42 Å². The summed E-state index contributed by atoms with van der Waals surface area (Å²) in [5, 5.41) is 12.9. The number of allylic oxidation sites excluding steroid dienone is 2. The first-order valence-corrected chi connectivity index (χ1v) is 5.52. The molecule has 1 aromatic heterocycles. The van der Waals surface area contributed by atoms with E-state index in [4.69, 9.17) is 16.7 Å². The number of nitrogens with two attached hydrogens (primary N) is 2. The molecule has 0 aliphatic carbocycles. The molecule has 0 saturated carbocycles. The van der Waals surface area contributed by atoms with Crippen molar-refractivity contribution in [2.24, 2.45) is 11.5 Å². The summed E-state index contributed by atoms with van der Waals surface area (Å²) in [5.74, 6) is -0.391. The van der Waals surface area contributed by atoms with Gasteiger partial charge in [-0.1, -0.05) is 0 Å². The number of rotatable bonds is 4. The summed E-state index contributed by atoms with van der Waals surface area (Å²) >= 11 is 1.24. The number of thiazole rings is 1. The Balaban J connectivity index is 2.72. The summed E-state index contributed by atoms with van der Waals surface area (Å²) in [6, 6.07) is 1.75. The number of nitrogens with one attached hydrogen (secondary N) is 1. The molecule has 0 aromatic carbocycles. The highest BCUT2D eigenvalue weighted by Gasteiger charge is 2.07. The summed E-state index contributed by atoms with van der Waals surface area (Å²) in [4.78, 5) is 15.2. The maximum Gasteiger partial charge on any atom is 0.240 e. The van der Waals surface area contributed by atoms with Crippen LogP contribution in [0.2, 0.25) is 0 Å². The number of carbonyl (C=O) groups excluding carboxylic acids is 1. The van der Waals surface area contributed by atoms with Gasteiger partial charge in [0.2, 0.25) is 5.91 Å². The van der Waals surface area contributed by atoms with Crippen LogP contribution in [0.1, 0.15) is 12.1 Å². The van der Waals surface area contributed by atoms with E-state index < -0.39 is 5.91 Å². The van der Waals surface area contributed by atoms with E-state index in [0.29, 0.717) is 16.5 Å². The van der Waals surface area contributed by atoms with Gasteiger partial charge in [-0.25, -0.2) is 4.98 Å². The highest BCUT2D eigenvalue weighted by molar-refractivity contribution is 7.14. The average molecular weight is 249 g/mol. The van der Waals surface area contributed by atoms with Gasteiger partial charge in [0.15, 0.2) is 5.13 Å². The third-order valence-corrected chi connectivity index (χ3v) is 2.43. The lowest BCUT2D eigenvalue weighted by Gasteiger charge is -1.96. The zero-order valence-corrected chi connectivity index (χ0v) is 9.70. The molecule has 6 nitrogen and oxygen atoms in total. The lowest BCUT2D eigenvalue weighted by Crippen LogP contribution is -2.10. The van der Waals surface area contributed by atoms with Crippen LogP contribution in [0.15, 0.2) is 23.7 Å². The quantitative estimate of drug-likeness (QED) is 0.681. The van der Waals surface area contributed by atoms with E-state index in [1.54, 1.807) is 23.6 Å². The van der Waals surface area contributed by atoms with Crippen LogP contribution in [-0.4, -0.2) is 10.9 Å². The van der Waals surface area contributed by atoms with Gasteiger partial charge < -0.3 is 16.8 Å². The summed E-state index contributed by atoms with van der Waals surface area (Å²) in [6.45, 7) is 0. The Kier molecular flexibility index (Phi) is 4.72. The standard InChI is InChI=1S/C10H11N5OS/c11-4-1-2-7(13)8-6-17-10(14-8)15-9(16)3-5-12/h1-2,4,6H,3,11,13H2,(H,14,15,16)/b4-1-,7-2-. The molecule has 1 aromatic rings. The molecule has 0 fully saturated rings. The van der Waals surface area contributed by atoms with Crippen LogP contribution in [0, 0.1) is 11.3 Å². The van der Waals surface area contributed by atoms with Crippen LogP contribution < -0.4 is 16.8 Å². The fourth-order valence-corrected chi connectivity index (χ4v) is 1.68.